The maximum absolute atomic E-state index is 8.88. The van der Waals surface area contributed by atoms with Crippen LogP contribution < -0.4 is 0 Å². The summed E-state index contributed by atoms with van der Waals surface area (Å²) in [5.74, 6) is 0. The van der Waals surface area contributed by atoms with Gasteiger partial charge in [-0.2, -0.15) is 0 Å². The van der Waals surface area contributed by atoms with Crippen LogP contribution in [0.1, 0.15) is 46.0 Å². The van der Waals surface area contributed by atoms with Gasteiger partial charge >= 0.3 is 7.82 Å². The van der Waals surface area contributed by atoms with Crippen LogP contribution in [-0.4, -0.2) is 38.1 Å². The summed E-state index contributed by atoms with van der Waals surface area (Å²) in [6.45, 7) is 4.87. The number of aliphatic hydroxyl groups is 2. The molecule has 0 aliphatic heterocycles. The van der Waals surface area contributed by atoms with Crippen molar-refractivity contribution < 1.29 is 29.5 Å². The quantitative estimate of drug-likeness (QED) is 0.372. The van der Waals surface area contributed by atoms with Gasteiger partial charge in [0.25, 0.3) is 0 Å². The maximum atomic E-state index is 8.88. The Hall–Kier alpha value is 0.0300. The van der Waals surface area contributed by atoms with E-state index < -0.39 is 7.82 Å². The molecule has 5 N–H and O–H groups in total. The van der Waals surface area contributed by atoms with Crippen molar-refractivity contribution in [1.29, 1.82) is 0 Å². The van der Waals surface area contributed by atoms with Gasteiger partial charge in [-0.15, -0.1) is 0 Å². The van der Waals surface area contributed by atoms with Crippen LogP contribution in [0.25, 0.3) is 0 Å². The molecule has 0 fully saturated rings. The molecule has 0 rings (SSSR count). The zero-order chi connectivity index (χ0) is 13.4. The Bertz CT molecular complexity index is 133. The number of rotatable bonds is 5. The molecule has 0 aromatic heterocycles. The van der Waals surface area contributed by atoms with Crippen molar-refractivity contribution in [2.24, 2.45) is 0 Å². The minimum absolute atomic E-state index is 0.344. The Kier molecular flexibility index (Phi) is 23.2. The summed E-state index contributed by atoms with van der Waals surface area (Å²) < 4.78 is 8.88. The molecule has 6 nitrogen and oxygen atoms in total. The van der Waals surface area contributed by atoms with Crippen molar-refractivity contribution in [3.63, 3.8) is 0 Å². The Morgan fingerprint density at radius 3 is 1.19 bits per heavy atom. The molecule has 0 heterocycles. The van der Waals surface area contributed by atoms with Crippen LogP contribution in [0.3, 0.4) is 0 Å². The number of hydrogen-bond acceptors (Lipinski definition) is 3. The second-order valence-electron chi connectivity index (χ2n) is 3.02. The normalized spacial score (nSPS) is 9.69. The summed E-state index contributed by atoms with van der Waals surface area (Å²) in [6, 6.07) is 0. The van der Waals surface area contributed by atoms with Crippen molar-refractivity contribution in [2.75, 3.05) is 13.2 Å². The van der Waals surface area contributed by atoms with Crippen molar-refractivity contribution in [3.8, 4) is 0 Å². The maximum Gasteiger partial charge on any atom is 0.466 e. The van der Waals surface area contributed by atoms with Crippen molar-refractivity contribution >= 4 is 7.82 Å². The van der Waals surface area contributed by atoms with Gasteiger partial charge in [-0.05, 0) is 12.8 Å². The van der Waals surface area contributed by atoms with E-state index in [1.165, 1.54) is 6.42 Å². The lowest BCUT2D eigenvalue weighted by molar-refractivity contribution is 0.275. The number of hydrogen-bond donors (Lipinski definition) is 5. The van der Waals surface area contributed by atoms with Crippen LogP contribution in [0.15, 0.2) is 0 Å². The molecule has 0 radical (unpaired) electrons. The molecular weight excluding hydrogens is 235 g/mol. The van der Waals surface area contributed by atoms with Crippen LogP contribution in [0, 0.1) is 0 Å². The number of aliphatic hydroxyl groups excluding tert-OH is 2. The zero-order valence-corrected chi connectivity index (χ0v) is 10.9. The molecule has 0 unspecified atom stereocenters. The van der Waals surface area contributed by atoms with Gasteiger partial charge in [-0.25, -0.2) is 4.57 Å². The van der Waals surface area contributed by atoms with Gasteiger partial charge in [-0.1, -0.05) is 33.1 Å². The topological polar surface area (TPSA) is 118 Å². The van der Waals surface area contributed by atoms with Crippen molar-refractivity contribution in [3.05, 3.63) is 0 Å². The van der Waals surface area contributed by atoms with E-state index in [2.05, 4.69) is 13.8 Å². The second-order valence-corrected chi connectivity index (χ2v) is 4.05. The van der Waals surface area contributed by atoms with Crippen LogP contribution in [0.2, 0.25) is 0 Å². The fraction of sp³-hybridized carbons (Fsp3) is 1.00. The summed E-state index contributed by atoms with van der Waals surface area (Å²) in [7, 11) is -4.64. The summed E-state index contributed by atoms with van der Waals surface area (Å²) in [5.41, 5.74) is 0. The molecule has 0 aromatic carbocycles. The Morgan fingerprint density at radius 2 is 1.12 bits per heavy atom. The van der Waals surface area contributed by atoms with Gasteiger partial charge in [0.15, 0.2) is 0 Å². The van der Waals surface area contributed by atoms with Crippen LogP contribution in [0.4, 0.5) is 0 Å². The molecule has 0 saturated carbocycles. The van der Waals surface area contributed by atoms with Crippen molar-refractivity contribution in [2.45, 2.75) is 46.0 Å². The van der Waals surface area contributed by atoms with Crippen LogP contribution in [-0.2, 0) is 4.57 Å². The largest absolute Gasteiger partial charge is 0.466 e. The molecule has 0 aliphatic rings. The van der Waals surface area contributed by atoms with Gasteiger partial charge in [0.1, 0.15) is 0 Å². The fourth-order valence-electron chi connectivity index (χ4n) is 0.520. The Balaban J connectivity index is -0.000000160. The lowest BCUT2D eigenvalue weighted by atomic mass is 10.3. The van der Waals surface area contributed by atoms with E-state index >= 15 is 0 Å². The average Bonchev–Trinajstić information content (AvgIpc) is 2.14. The van der Waals surface area contributed by atoms with E-state index in [-0.39, 0.29) is 0 Å². The highest BCUT2D eigenvalue weighted by Crippen LogP contribution is 2.25. The van der Waals surface area contributed by atoms with Gasteiger partial charge in [0.05, 0.1) is 0 Å². The van der Waals surface area contributed by atoms with E-state index in [0.29, 0.717) is 13.2 Å². The first kappa shape index (κ1) is 21.3. The second kappa shape index (κ2) is 17.4. The molecule has 0 bridgehead atoms. The van der Waals surface area contributed by atoms with Crippen LogP contribution >= 0.6 is 7.82 Å². The monoisotopic (exact) mass is 260 g/mol. The first-order valence-corrected chi connectivity index (χ1v) is 6.89. The van der Waals surface area contributed by atoms with E-state index in [4.69, 9.17) is 29.5 Å². The molecule has 0 aliphatic carbocycles. The molecule has 0 atom stereocenters. The van der Waals surface area contributed by atoms with Crippen molar-refractivity contribution in [1.82, 2.24) is 0 Å². The van der Waals surface area contributed by atoms with Gasteiger partial charge in [0, 0.05) is 13.2 Å². The van der Waals surface area contributed by atoms with Gasteiger partial charge in [-0.3, -0.25) is 0 Å². The molecule has 0 spiro atoms. The molecule has 0 aromatic rings. The smallest absolute Gasteiger partial charge is 0.396 e. The SMILES string of the molecule is CCCCCO.CCCCO.O=P(O)(O)O. The van der Waals surface area contributed by atoms with E-state index in [1.807, 2.05) is 0 Å². The highest BCUT2D eigenvalue weighted by atomic mass is 31.2. The van der Waals surface area contributed by atoms with E-state index in [1.54, 1.807) is 0 Å². The molecule has 0 saturated heterocycles. The highest BCUT2D eigenvalue weighted by molar-refractivity contribution is 7.45. The summed E-state index contributed by atoms with van der Waals surface area (Å²) in [4.78, 5) is 21.6. The molecule has 7 heteroatoms. The lowest BCUT2D eigenvalue weighted by Gasteiger charge is -1.85. The first-order chi connectivity index (χ1) is 7.33. The predicted octanol–water partition coefficient (Wildman–Crippen LogP) is 1.02. The minimum Gasteiger partial charge on any atom is -0.396 e. The molecule has 16 heavy (non-hydrogen) atoms. The molecule has 102 valence electrons. The van der Waals surface area contributed by atoms with E-state index in [0.717, 1.165) is 25.7 Å². The third kappa shape index (κ3) is 94.1. The lowest BCUT2D eigenvalue weighted by Crippen LogP contribution is -1.78. The third-order valence-corrected chi connectivity index (χ3v) is 1.27. The molecule has 0 amide bonds. The van der Waals surface area contributed by atoms with E-state index in [9.17, 15) is 0 Å². The first-order valence-electron chi connectivity index (χ1n) is 5.33. The Morgan fingerprint density at radius 1 is 0.812 bits per heavy atom. The summed E-state index contributed by atoms with van der Waals surface area (Å²) in [5, 5.41) is 16.3. The predicted molar refractivity (Wildman–Crippen MR) is 62.9 cm³/mol. The standard InChI is InChI=1S/C5H12O.C4H10O.H3O4P/c1-2-3-4-5-6;1-2-3-4-5;1-5(2,3)4/h6H,2-5H2,1H3;5H,2-4H2,1H3;(H3,1,2,3,4). The minimum atomic E-state index is -4.64. The molecular formula is C9H25O6P. The zero-order valence-electron chi connectivity index (χ0n) is 10.0. The average molecular weight is 260 g/mol. The van der Waals surface area contributed by atoms with Gasteiger partial charge in [0.2, 0.25) is 0 Å². The highest BCUT2D eigenvalue weighted by Gasteiger charge is 2.00. The number of unbranched alkanes of at least 4 members (excludes halogenated alkanes) is 3. The third-order valence-electron chi connectivity index (χ3n) is 1.27. The van der Waals surface area contributed by atoms with Gasteiger partial charge < -0.3 is 24.9 Å². The Labute approximate surface area is 97.2 Å². The summed E-state index contributed by atoms with van der Waals surface area (Å²) in [6.07, 6.45) is 5.37. The van der Waals surface area contributed by atoms with Crippen LogP contribution in [0.5, 0.6) is 0 Å². The number of phosphoric acid groups is 1. The fourth-order valence-corrected chi connectivity index (χ4v) is 0.520. The summed E-state index contributed by atoms with van der Waals surface area (Å²) >= 11 is 0.